The number of benzene rings is 1. The Morgan fingerprint density at radius 2 is 1.94 bits per heavy atom. The van der Waals surface area contributed by atoms with Crippen LogP contribution in [0.3, 0.4) is 0 Å². The van der Waals surface area contributed by atoms with Gasteiger partial charge in [-0.25, -0.2) is 18.3 Å². The van der Waals surface area contributed by atoms with Gasteiger partial charge in [0, 0.05) is 35.1 Å². The van der Waals surface area contributed by atoms with E-state index < -0.39 is 6.43 Å². The van der Waals surface area contributed by atoms with E-state index in [0.29, 0.717) is 11.3 Å². The molecule has 2 fully saturated rings. The maximum atomic E-state index is 13.6. The molecule has 2 aliphatic rings. The molecule has 0 spiro atoms. The van der Waals surface area contributed by atoms with Crippen LogP contribution in [0.5, 0.6) is 0 Å². The third-order valence-electron chi connectivity index (χ3n) is 6.81. The van der Waals surface area contributed by atoms with Crippen molar-refractivity contribution in [1.29, 1.82) is 0 Å². The second-order valence-electron chi connectivity index (χ2n) is 8.48. The van der Waals surface area contributed by atoms with Crippen molar-refractivity contribution in [2.75, 3.05) is 0 Å². The minimum Gasteiger partial charge on any atom is -0.332 e. The second-order valence-corrected chi connectivity index (χ2v) is 8.48. The Morgan fingerprint density at radius 3 is 2.81 bits per heavy atom. The summed E-state index contributed by atoms with van der Waals surface area (Å²) in [6.07, 6.45) is 3.74. The molecule has 0 saturated carbocycles. The van der Waals surface area contributed by atoms with Gasteiger partial charge < -0.3 is 4.90 Å². The zero-order valence-electron chi connectivity index (χ0n) is 17.1. The highest BCUT2D eigenvalue weighted by atomic mass is 19.3. The summed E-state index contributed by atoms with van der Waals surface area (Å²) in [5.74, 6) is 0.0354. The van der Waals surface area contributed by atoms with Gasteiger partial charge in [-0.2, -0.15) is 10.1 Å². The molecule has 2 aliphatic heterocycles. The summed E-state index contributed by atoms with van der Waals surface area (Å²) in [7, 11) is 0. The van der Waals surface area contributed by atoms with Crippen LogP contribution < -0.4 is 0 Å². The van der Waals surface area contributed by atoms with Crippen LogP contribution in [0.15, 0.2) is 48.9 Å². The molecule has 1 amide bonds. The van der Waals surface area contributed by atoms with E-state index in [0.717, 1.165) is 36.6 Å². The van der Waals surface area contributed by atoms with Crippen molar-refractivity contribution in [3.05, 3.63) is 65.9 Å². The first-order chi connectivity index (χ1) is 15.6. The normalized spacial score (nSPS) is 22.8. The average molecular weight is 434 g/mol. The molecule has 0 unspecified atom stereocenters. The number of nitrogens with zero attached hydrogens (tertiary/aromatic N) is 6. The molecule has 0 aliphatic carbocycles. The smallest absolute Gasteiger partial charge is 0.280 e. The van der Waals surface area contributed by atoms with E-state index in [1.54, 1.807) is 10.7 Å². The Bertz CT molecular complexity index is 1340. The summed E-state index contributed by atoms with van der Waals surface area (Å²) >= 11 is 0. The molecule has 3 atom stereocenters. The van der Waals surface area contributed by atoms with Crippen molar-refractivity contribution >= 4 is 22.6 Å². The number of alkyl halides is 2. The monoisotopic (exact) mass is 434 g/mol. The molecule has 7 nitrogen and oxygen atoms in total. The number of carbonyl (C=O) groups excluding carboxylic acids is 1. The second kappa shape index (κ2) is 7.29. The summed E-state index contributed by atoms with van der Waals surface area (Å²) in [6, 6.07) is 10.9. The summed E-state index contributed by atoms with van der Waals surface area (Å²) in [5, 5.41) is 5.14. The number of piperidine rings is 1. The van der Waals surface area contributed by atoms with Crippen LogP contribution in [-0.2, 0) is 0 Å². The Labute approximate surface area is 182 Å². The molecule has 0 N–H and O–H groups in total. The quantitative estimate of drug-likeness (QED) is 0.484. The van der Waals surface area contributed by atoms with Gasteiger partial charge in [-0.05, 0) is 56.0 Å². The van der Waals surface area contributed by atoms with Crippen LogP contribution in [0, 0.1) is 0 Å². The van der Waals surface area contributed by atoms with Crippen molar-refractivity contribution in [2.24, 2.45) is 0 Å². The Balaban J connectivity index is 1.39. The Hall–Kier alpha value is -3.49. The fourth-order valence-corrected chi connectivity index (χ4v) is 5.40. The molecule has 32 heavy (non-hydrogen) atoms. The molecule has 162 valence electrons. The summed E-state index contributed by atoms with van der Waals surface area (Å²) in [5.41, 5.74) is 1.81. The highest BCUT2D eigenvalue weighted by molar-refractivity contribution is 5.98. The SMILES string of the molecule is O=C(c1ccc2ncccc2c1)N1[C@H]2CC[C@H](c3cc(C(F)F)nc4ncnn34)[C@@H]1CC2. The van der Waals surface area contributed by atoms with Gasteiger partial charge in [-0.15, -0.1) is 0 Å². The number of hydrogen-bond donors (Lipinski definition) is 0. The lowest BCUT2D eigenvalue weighted by molar-refractivity contribution is 0.0554. The highest BCUT2D eigenvalue weighted by Crippen LogP contribution is 2.45. The van der Waals surface area contributed by atoms with E-state index in [1.807, 2.05) is 35.2 Å². The predicted molar refractivity (Wildman–Crippen MR) is 112 cm³/mol. The number of amides is 1. The van der Waals surface area contributed by atoms with Crippen molar-refractivity contribution in [3.63, 3.8) is 0 Å². The number of fused-ring (bicyclic) bond motifs is 4. The summed E-state index contributed by atoms with van der Waals surface area (Å²) in [6.45, 7) is 0. The predicted octanol–water partition coefficient (Wildman–Crippen LogP) is 4.16. The van der Waals surface area contributed by atoms with Gasteiger partial charge in [-0.3, -0.25) is 9.78 Å². The number of hydrogen-bond acceptors (Lipinski definition) is 5. The molecule has 1 aromatic carbocycles. The van der Waals surface area contributed by atoms with Gasteiger partial charge in [0.15, 0.2) is 0 Å². The fourth-order valence-electron chi connectivity index (χ4n) is 5.40. The number of pyridine rings is 1. The number of rotatable bonds is 3. The largest absolute Gasteiger partial charge is 0.332 e. The van der Waals surface area contributed by atoms with E-state index in [9.17, 15) is 13.6 Å². The number of halogens is 2. The van der Waals surface area contributed by atoms with Gasteiger partial charge in [-0.1, -0.05) is 6.07 Å². The lowest BCUT2D eigenvalue weighted by Crippen LogP contribution is -2.47. The van der Waals surface area contributed by atoms with E-state index in [4.69, 9.17) is 0 Å². The zero-order chi connectivity index (χ0) is 21.8. The number of carbonyl (C=O) groups is 1. The van der Waals surface area contributed by atoms with Gasteiger partial charge in [0.2, 0.25) is 0 Å². The Kier molecular flexibility index (Phi) is 4.38. The van der Waals surface area contributed by atoms with Gasteiger partial charge in [0.25, 0.3) is 18.1 Å². The zero-order valence-corrected chi connectivity index (χ0v) is 17.1. The molecule has 9 heteroatoms. The lowest BCUT2D eigenvalue weighted by atomic mass is 9.86. The maximum Gasteiger partial charge on any atom is 0.280 e. The summed E-state index contributed by atoms with van der Waals surface area (Å²) in [4.78, 5) is 27.9. The molecule has 2 saturated heterocycles. The van der Waals surface area contributed by atoms with Crippen molar-refractivity contribution in [1.82, 2.24) is 29.5 Å². The summed E-state index contributed by atoms with van der Waals surface area (Å²) < 4.78 is 28.5. The van der Waals surface area contributed by atoms with Gasteiger partial charge in [0.1, 0.15) is 12.0 Å². The third-order valence-corrected chi connectivity index (χ3v) is 6.81. The van der Waals surface area contributed by atoms with E-state index in [-0.39, 0.29) is 35.4 Å². The minimum absolute atomic E-state index is 0.0223. The van der Waals surface area contributed by atoms with E-state index in [2.05, 4.69) is 20.1 Å². The van der Waals surface area contributed by atoms with Gasteiger partial charge >= 0.3 is 0 Å². The van der Waals surface area contributed by atoms with Crippen LogP contribution in [0.2, 0.25) is 0 Å². The molecule has 0 radical (unpaired) electrons. The van der Waals surface area contributed by atoms with Crippen molar-refractivity contribution in [2.45, 2.75) is 50.1 Å². The van der Waals surface area contributed by atoms with Crippen LogP contribution >= 0.6 is 0 Å². The third kappa shape index (κ3) is 2.95. The van der Waals surface area contributed by atoms with Gasteiger partial charge in [0.05, 0.1) is 11.2 Å². The molecular weight excluding hydrogens is 414 g/mol. The fraction of sp³-hybridized carbons (Fsp3) is 0.348. The molecule has 2 bridgehead atoms. The minimum atomic E-state index is -2.70. The molecule has 3 aromatic heterocycles. The topological polar surface area (TPSA) is 76.3 Å². The lowest BCUT2D eigenvalue weighted by Gasteiger charge is -2.40. The first-order valence-electron chi connectivity index (χ1n) is 10.8. The molecular formula is C23H20F2N6O. The van der Waals surface area contributed by atoms with Crippen LogP contribution in [0.25, 0.3) is 16.7 Å². The Morgan fingerprint density at radius 1 is 1.06 bits per heavy atom. The average Bonchev–Trinajstić information content (AvgIpc) is 3.40. The number of aromatic nitrogens is 5. The van der Waals surface area contributed by atoms with Crippen LogP contribution in [0.1, 0.15) is 59.8 Å². The van der Waals surface area contributed by atoms with Crippen LogP contribution in [-0.4, -0.2) is 47.5 Å². The van der Waals surface area contributed by atoms with Crippen molar-refractivity contribution < 1.29 is 13.6 Å². The highest BCUT2D eigenvalue weighted by Gasteiger charge is 2.46. The van der Waals surface area contributed by atoms with E-state index >= 15 is 0 Å². The molecule has 6 rings (SSSR count). The van der Waals surface area contributed by atoms with E-state index in [1.165, 1.54) is 12.4 Å². The van der Waals surface area contributed by atoms with Crippen molar-refractivity contribution in [3.8, 4) is 0 Å². The molecule has 5 heterocycles. The first-order valence-corrected chi connectivity index (χ1v) is 10.8. The standard InChI is InChI=1S/C23H20F2N6O/c24-21(25)18-11-20(31-23(29-18)27-12-28-31)16-6-4-15-5-8-19(16)30(15)22(32)14-3-7-17-13(10-14)2-1-9-26-17/h1-3,7,9-12,15-16,19,21H,4-6,8H2/t15-,16-,19-/m0/s1. The first kappa shape index (κ1) is 19.2. The van der Waals surface area contributed by atoms with Crippen LogP contribution in [0.4, 0.5) is 8.78 Å². The molecule has 4 aromatic rings. The maximum absolute atomic E-state index is 13.6.